The Balaban J connectivity index is 1.66. The molecule has 0 aliphatic rings. The topological polar surface area (TPSA) is 88.7 Å². The van der Waals surface area contributed by atoms with Crippen LogP contribution in [0.4, 0.5) is 0 Å². The summed E-state index contributed by atoms with van der Waals surface area (Å²) in [7, 11) is 0. The first kappa shape index (κ1) is 21.6. The molecule has 2 aromatic carbocycles. The summed E-state index contributed by atoms with van der Waals surface area (Å²) in [5.41, 5.74) is 6.70. The van der Waals surface area contributed by atoms with E-state index in [2.05, 4.69) is 32.1 Å². The van der Waals surface area contributed by atoms with Crippen LogP contribution in [0.25, 0.3) is 0 Å². The second kappa shape index (κ2) is 10.6. The molecular weight excluding hydrogens is 446 g/mol. The fraction of sp³-hybridized carbons (Fsp3) is 0.211. The van der Waals surface area contributed by atoms with E-state index in [-0.39, 0.29) is 18.3 Å². The van der Waals surface area contributed by atoms with Gasteiger partial charge in [-0.3, -0.25) is 25.8 Å². The zero-order valence-electron chi connectivity index (χ0n) is 15.4. The van der Waals surface area contributed by atoms with Crippen molar-refractivity contribution in [1.82, 2.24) is 16.2 Å². The molecule has 0 aromatic heterocycles. The third kappa shape index (κ3) is 7.16. The molecule has 7 nitrogen and oxygen atoms in total. The molecular formula is C19H20BrN3O4S. The molecule has 0 radical (unpaired) electrons. The monoisotopic (exact) mass is 465 g/mol. The van der Waals surface area contributed by atoms with Crippen molar-refractivity contribution in [2.24, 2.45) is 0 Å². The van der Waals surface area contributed by atoms with Crippen LogP contribution in [0.15, 0.2) is 46.9 Å². The van der Waals surface area contributed by atoms with Gasteiger partial charge in [0.25, 0.3) is 11.8 Å². The van der Waals surface area contributed by atoms with Crippen molar-refractivity contribution in [2.45, 2.75) is 13.8 Å². The molecule has 0 unspecified atom stereocenters. The Hall–Kier alpha value is -2.65. The number of benzene rings is 2. The molecule has 0 bridgehead atoms. The quantitative estimate of drug-likeness (QED) is 0.448. The van der Waals surface area contributed by atoms with E-state index in [1.54, 1.807) is 12.1 Å². The van der Waals surface area contributed by atoms with E-state index in [0.29, 0.717) is 11.5 Å². The van der Waals surface area contributed by atoms with Crippen molar-refractivity contribution >= 4 is 45.1 Å². The van der Waals surface area contributed by atoms with E-state index >= 15 is 0 Å². The summed E-state index contributed by atoms with van der Waals surface area (Å²) in [4.78, 5) is 23.6. The number of hydrogen-bond acceptors (Lipinski definition) is 5. The Labute approximate surface area is 176 Å². The average molecular weight is 466 g/mol. The number of hydrogen-bond donors (Lipinski definition) is 3. The van der Waals surface area contributed by atoms with Crippen molar-refractivity contribution in [1.29, 1.82) is 0 Å². The lowest BCUT2D eigenvalue weighted by atomic mass is 10.2. The Morgan fingerprint density at radius 2 is 1.68 bits per heavy atom. The summed E-state index contributed by atoms with van der Waals surface area (Å²) in [6.07, 6.45) is 0. The van der Waals surface area contributed by atoms with Gasteiger partial charge in [0.05, 0.1) is 0 Å². The molecule has 9 heteroatoms. The lowest BCUT2D eigenvalue weighted by molar-refractivity contribution is -0.124. The number of para-hydroxylation sites is 1. The van der Waals surface area contributed by atoms with Crippen LogP contribution >= 0.6 is 28.1 Å². The Bertz CT molecular complexity index is 876. The third-order valence-electron chi connectivity index (χ3n) is 3.52. The highest BCUT2D eigenvalue weighted by Gasteiger charge is 2.08. The predicted molar refractivity (Wildman–Crippen MR) is 113 cm³/mol. The number of thiocarbonyl (C=S) groups is 1. The molecule has 2 aromatic rings. The first-order chi connectivity index (χ1) is 13.3. The van der Waals surface area contributed by atoms with Gasteiger partial charge in [0.2, 0.25) is 0 Å². The molecule has 2 rings (SSSR count). The van der Waals surface area contributed by atoms with E-state index in [9.17, 15) is 9.59 Å². The molecule has 0 fully saturated rings. The van der Waals surface area contributed by atoms with Gasteiger partial charge in [-0.25, -0.2) is 0 Å². The zero-order chi connectivity index (χ0) is 20.5. The summed E-state index contributed by atoms with van der Waals surface area (Å²) in [6, 6.07) is 12.7. The normalized spacial score (nSPS) is 9.96. The van der Waals surface area contributed by atoms with Gasteiger partial charge in [-0.1, -0.05) is 34.1 Å². The van der Waals surface area contributed by atoms with E-state index in [0.717, 1.165) is 15.6 Å². The van der Waals surface area contributed by atoms with Gasteiger partial charge in [0.15, 0.2) is 18.3 Å². The number of hydrazine groups is 1. The highest BCUT2D eigenvalue weighted by molar-refractivity contribution is 9.10. The smallest absolute Gasteiger partial charge is 0.276 e. The largest absolute Gasteiger partial charge is 0.484 e. The van der Waals surface area contributed by atoms with Crippen LogP contribution in [0.5, 0.6) is 11.5 Å². The molecule has 28 heavy (non-hydrogen) atoms. The molecule has 0 atom stereocenters. The van der Waals surface area contributed by atoms with Crippen molar-refractivity contribution in [3.05, 3.63) is 58.1 Å². The van der Waals surface area contributed by atoms with E-state index in [1.165, 1.54) is 0 Å². The lowest BCUT2D eigenvalue weighted by Crippen LogP contribution is -2.50. The van der Waals surface area contributed by atoms with Crippen molar-refractivity contribution < 1.29 is 19.1 Å². The van der Waals surface area contributed by atoms with Gasteiger partial charge in [-0.05, 0) is 61.5 Å². The minimum absolute atomic E-state index is 0.0511. The lowest BCUT2D eigenvalue weighted by Gasteiger charge is -2.12. The van der Waals surface area contributed by atoms with Crippen LogP contribution in [-0.4, -0.2) is 30.1 Å². The predicted octanol–water partition coefficient (Wildman–Crippen LogP) is 2.55. The van der Waals surface area contributed by atoms with Crippen LogP contribution in [0.3, 0.4) is 0 Å². The number of nitrogens with one attached hydrogen (secondary N) is 3. The van der Waals surface area contributed by atoms with Crippen LogP contribution < -0.4 is 25.6 Å². The van der Waals surface area contributed by atoms with Crippen LogP contribution in [0, 0.1) is 13.8 Å². The Morgan fingerprint density at radius 1 is 0.964 bits per heavy atom. The van der Waals surface area contributed by atoms with Gasteiger partial charge < -0.3 is 9.47 Å². The molecule has 0 aliphatic carbocycles. The van der Waals surface area contributed by atoms with Gasteiger partial charge in [-0.15, -0.1) is 0 Å². The number of amides is 2. The molecule has 0 aliphatic heterocycles. The fourth-order valence-electron chi connectivity index (χ4n) is 2.07. The summed E-state index contributed by atoms with van der Waals surface area (Å²) >= 11 is 8.35. The van der Waals surface area contributed by atoms with Crippen LogP contribution in [0.1, 0.15) is 11.1 Å². The van der Waals surface area contributed by atoms with Gasteiger partial charge >= 0.3 is 0 Å². The number of carbonyl (C=O) groups excluding carboxylic acids is 2. The minimum atomic E-state index is -0.455. The Morgan fingerprint density at radius 3 is 2.39 bits per heavy atom. The zero-order valence-corrected chi connectivity index (χ0v) is 17.8. The summed E-state index contributed by atoms with van der Waals surface area (Å²) < 4.78 is 11.8. The summed E-state index contributed by atoms with van der Waals surface area (Å²) in [5, 5.41) is 2.35. The van der Waals surface area contributed by atoms with Crippen molar-refractivity contribution in [2.75, 3.05) is 13.2 Å². The second-order valence-electron chi connectivity index (χ2n) is 5.80. The maximum atomic E-state index is 11.9. The van der Waals surface area contributed by atoms with Crippen molar-refractivity contribution in [3.8, 4) is 11.5 Å². The van der Waals surface area contributed by atoms with E-state index in [4.69, 9.17) is 21.7 Å². The number of halogens is 1. The maximum absolute atomic E-state index is 11.9. The number of aryl methyl sites for hydroxylation is 2. The minimum Gasteiger partial charge on any atom is -0.484 e. The molecule has 0 saturated heterocycles. The number of rotatable bonds is 6. The van der Waals surface area contributed by atoms with Crippen LogP contribution in [0.2, 0.25) is 0 Å². The fourth-order valence-corrected chi connectivity index (χ4v) is 2.49. The SMILES string of the molecule is Cc1cc(OCC(=O)NC(=S)NNC(=O)COc2ccccc2C)ccc1Br. The molecule has 0 saturated carbocycles. The van der Waals surface area contributed by atoms with Gasteiger partial charge in [-0.2, -0.15) is 0 Å². The molecule has 3 N–H and O–H groups in total. The average Bonchev–Trinajstić information content (AvgIpc) is 2.66. The third-order valence-corrected chi connectivity index (χ3v) is 4.61. The van der Waals surface area contributed by atoms with Gasteiger partial charge in [0.1, 0.15) is 11.5 Å². The highest BCUT2D eigenvalue weighted by Crippen LogP contribution is 2.21. The summed E-state index contributed by atoms with van der Waals surface area (Å²) in [5.74, 6) is 0.287. The molecule has 0 heterocycles. The maximum Gasteiger partial charge on any atom is 0.276 e. The first-order valence-electron chi connectivity index (χ1n) is 8.31. The molecule has 2 amide bonds. The summed E-state index contributed by atoms with van der Waals surface area (Å²) in [6.45, 7) is 3.39. The second-order valence-corrected chi connectivity index (χ2v) is 7.07. The van der Waals surface area contributed by atoms with E-state index in [1.807, 2.05) is 44.2 Å². The number of carbonyl (C=O) groups is 2. The van der Waals surface area contributed by atoms with Crippen molar-refractivity contribution in [3.63, 3.8) is 0 Å². The highest BCUT2D eigenvalue weighted by atomic mass is 79.9. The van der Waals surface area contributed by atoms with Gasteiger partial charge in [0, 0.05) is 4.47 Å². The van der Waals surface area contributed by atoms with Crippen LogP contribution in [-0.2, 0) is 9.59 Å². The first-order valence-corrected chi connectivity index (χ1v) is 9.51. The number of ether oxygens (including phenoxy) is 2. The molecule has 148 valence electrons. The van der Waals surface area contributed by atoms with E-state index < -0.39 is 11.8 Å². The standard InChI is InChI=1S/C19H20BrN3O4S/c1-12-5-3-4-6-16(12)27-11-18(25)22-23-19(28)21-17(24)10-26-14-7-8-15(20)13(2)9-14/h3-9H,10-11H2,1-2H3,(H,22,25)(H2,21,23,24,28). The Kier molecular flexibility index (Phi) is 8.21. The molecule has 0 spiro atoms.